The second-order valence-electron chi connectivity index (χ2n) is 3.33. The summed E-state index contributed by atoms with van der Waals surface area (Å²) in [6, 6.07) is 5.73. The highest BCUT2D eigenvalue weighted by molar-refractivity contribution is 9.08. The summed E-state index contributed by atoms with van der Waals surface area (Å²) < 4.78 is 10.5. The molecule has 1 aromatic heterocycles. The monoisotopic (exact) mass is 313 g/mol. The first-order valence-electron chi connectivity index (χ1n) is 5.01. The highest BCUT2D eigenvalue weighted by Gasteiger charge is 2.10. The molecule has 1 aromatic carbocycles. The Morgan fingerprint density at radius 3 is 2.71 bits per heavy atom. The lowest BCUT2D eigenvalue weighted by Crippen LogP contribution is -1.90. The van der Waals surface area contributed by atoms with E-state index >= 15 is 0 Å². The number of nitrogens with zero attached hydrogens (tertiary/aromatic N) is 1. The Kier molecular flexibility index (Phi) is 4.02. The largest absolute Gasteiger partial charge is 0.497 e. The lowest BCUT2D eigenvalue weighted by Gasteiger charge is -2.08. The van der Waals surface area contributed by atoms with Crippen LogP contribution in [0.4, 0.5) is 0 Å². The van der Waals surface area contributed by atoms with Crippen LogP contribution in [0, 0.1) is 0 Å². The van der Waals surface area contributed by atoms with Gasteiger partial charge in [0.2, 0.25) is 0 Å². The number of hydrogen-bond donors (Lipinski definition) is 0. The van der Waals surface area contributed by atoms with Gasteiger partial charge in [-0.2, -0.15) is 0 Å². The predicted octanol–water partition coefficient (Wildman–Crippen LogP) is 3.72. The first kappa shape index (κ1) is 12.4. The van der Waals surface area contributed by atoms with E-state index in [2.05, 4.69) is 20.9 Å². The molecule has 0 N–H and O–H groups in total. The van der Waals surface area contributed by atoms with Crippen LogP contribution in [0.5, 0.6) is 11.5 Å². The number of hydrogen-bond acceptors (Lipinski definition) is 4. The highest BCUT2D eigenvalue weighted by Crippen LogP contribution is 2.33. The van der Waals surface area contributed by atoms with Gasteiger partial charge in [0.25, 0.3) is 0 Å². The molecule has 3 nitrogen and oxygen atoms in total. The van der Waals surface area contributed by atoms with Gasteiger partial charge in [-0.05, 0) is 12.1 Å². The molecule has 0 aliphatic heterocycles. The van der Waals surface area contributed by atoms with E-state index in [4.69, 9.17) is 9.47 Å². The Bertz CT molecular complexity index is 513. The minimum absolute atomic E-state index is 0.774. The third kappa shape index (κ3) is 2.61. The molecule has 2 aromatic rings. The average Bonchev–Trinajstić information content (AvgIpc) is 2.86. The van der Waals surface area contributed by atoms with Crippen molar-refractivity contribution in [3.63, 3.8) is 0 Å². The maximum absolute atomic E-state index is 5.36. The quantitative estimate of drug-likeness (QED) is 0.806. The number of aromatic nitrogens is 1. The molecule has 0 amide bonds. The van der Waals surface area contributed by atoms with E-state index in [1.54, 1.807) is 25.6 Å². The summed E-state index contributed by atoms with van der Waals surface area (Å²) in [5, 5.41) is 3.86. The van der Waals surface area contributed by atoms with Crippen LogP contribution in [0.15, 0.2) is 23.6 Å². The Hall–Kier alpha value is -1.07. The van der Waals surface area contributed by atoms with Gasteiger partial charge in [0.05, 0.1) is 25.2 Å². The molecule has 0 unspecified atom stereocenters. The number of methoxy groups -OCH3 is 2. The van der Waals surface area contributed by atoms with Crippen molar-refractivity contribution in [1.82, 2.24) is 4.98 Å². The zero-order chi connectivity index (χ0) is 12.3. The summed E-state index contributed by atoms with van der Waals surface area (Å²) in [6.07, 6.45) is 0. The van der Waals surface area contributed by atoms with E-state index in [1.807, 2.05) is 23.6 Å². The molecule has 0 saturated heterocycles. The molecule has 0 fully saturated rings. The van der Waals surface area contributed by atoms with E-state index in [1.165, 1.54) is 0 Å². The van der Waals surface area contributed by atoms with Gasteiger partial charge in [0, 0.05) is 17.0 Å². The van der Waals surface area contributed by atoms with Crippen molar-refractivity contribution in [2.75, 3.05) is 14.2 Å². The molecular weight excluding hydrogens is 302 g/mol. The fourth-order valence-corrected chi connectivity index (χ4v) is 2.67. The summed E-state index contributed by atoms with van der Waals surface area (Å²) in [6.45, 7) is 0. The molecule has 0 bridgehead atoms. The fourth-order valence-electron chi connectivity index (χ4n) is 1.51. The number of benzene rings is 1. The normalized spacial score (nSPS) is 10.3. The van der Waals surface area contributed by atoms with Gasteiger partial charge in [0.1, 0.15) is 16.5 Å². The van der Waals surface area contributed by atoms with Crippen LogP contribution in [0.3, 0.4) is 0 Å². The Morgan fingerprint density at radius 2 is 2.12 bits per heavy atom. The maximum atomic E-state index is 5.36. The third-order valence-corrected chi connectivity index (χ3v) is 4.10. The van der Waals surface area contributed by atoms with Crippen molar-refractivity contribution in [2.24, 2.45) is 0 Å². The van der Waals surface area contributed by atoms with E-state index < -0.39 is 0 Å². The number of halogens is 1. The number of thiazole rings is 1. The van der Waals surface area contributed by atoms with Gasteiger partial charge in [-0.1, -0.05) is 15.9 Å². The number of rotatable bonds is 4. The van der Waals surface area contributed by atoms with Gasteiger partial charge < -0.3 is 9.47 Å². The molecule has 1 heterocycles. The Labute approximate surface area is 113 Å². The molecule has 17 heavy (non-hydrogen) atoms. The Balaban J connectivity index is 2.43. The molecule has 0 spiro atoms. The minimum atomic E-state index is 0.774. The Morgan fingerprint density at radius 1 is 1.29 bits per heavy atom. The SMILES string of the molecule is COc1ccc(-c2csc(CBr)n2)c(OC)c1. The first-order chi connectivity index (χ1) is 8.28. The van der Waals surface area contributed by atoms with Gasteiger partial charge in [-0.3, -0.25) is 0 Å². The van der Waals surface area contributed by atoms with Gasteiger partial charge in [-0.25, -0.2) is 4.98 Å². The smallest absolute Gasteiger partial charge is 0.131 e. The minimum Gasteiger partial charge on any atom is -0.497 e. The second-order valence-corrected chi connectivity index (χ2v) is 4.83. The lowest BCUT2D eigenvalue weighted by molar-refractivity contribution is 0.395. The summed E-state index contributed by atoms with van der Waals surface area (Å²) in [5.74, 6) is 1.55. The van der Waals surface area contributed by atoms with Crippen LogP contribution in [0.25, 0.3) is 11.3 Å². The second kappa shape index (κ2) is 5.51. The molecular formula is C12H12BrNO2S. The van der Waals surface area contributed by atoms with Gasteiger partial charge >= 0.3 is 0 Å². The molecule has 5 heteroatoms. The van der Waals surface area contributed by atoms with E-state index in [0.717, 1.165) is 33.1 Å². The van der Waals surface area contributed by atoms with Crippen molar-refractivity contribution in [1.29, 1.82) is 0 Å². The number of ether oxygens (including phenoxy) is 2. The molecule has 0 aliphatic carbocycles. The molecule has 0 aliphatic rings. The van der Waals surface area contributed by atoms with Crippen LogP contribution in [0.2, 0.25) is 0 Å². The topological polar surface area (TPSA) is 31.4 Å². The van der Waals surface area contributed by atoms with Gasteiger partial charge in [0.15, 0.2) is 0 Å². The van der Waals surface area contributed by atoms with Crippen molar-refractivity contribution < 1.29 is 9.47 Å². The number of alkyl halides is 1. The van der Waals surface area contributed by atoms with Crippen LogP contribution in [0.1, 0.15) is 5.01 Å². The van der Waals surface area contributed by atoms with Crippen LogP contribution in [-0.4, -0.2) is 19.2 Å². The van der Waals surface area contributed by atoms with Crippen molar-refractivity contribution in [3.05, 3.63) is 28.6 Å². The summed E-state index contributed by atoms with van der Waals surface area (Å²) in [4.78, 5) is 4.51. The van der Waals surface area contributed by atoms with E-state index in [0.29, 0.717) is 0 Å². The van der Waals surface area contributed by atoms with E-state index in [9.17, 15) is 0 Å². The molecule has 0 radical (unpaired) electrons. The molecule has 2 rings (SSSR count). The molecule has 90 valence electrons. The zero-order valence-electron chi connectivity index (χ0n) is 9.57. The van der Waals surface area contributed by atoms with Crippen molar-refractivity contribution in [2.45, 2.75) is 5.33 Å². The predicted molar refractivity (Wildman–Crippen MR) is 73.3 cm³/mol. The summed E-state index contributed by atoms with van der Waals surface area (Å²) in [7, 11) is 3.29. The van der Waals surface area contributed by atoms with Crippen molar-refractivity contribution >= 4 is 27.3 Å². The zero-order valence-corrected chi connectivity index (χ0v) is 12.0. The van der Waals surface area contributed by atoms with Crippen LogP contribution < -0.4 is 9.47 Å². The van der Waals surface area contributed by atoms with Gasteiger partial charge in [-0.15, -0.1) is 11.3 Å². The average molecular weight is 314 g/mol. The van der Waals surface area contributed by atoms with Crippen molar-refractivity contribution in [3.8, 4) is 22.8 Å². The summed E-state index contributed by atoms with van der Waals surface area (Å²) in [5.41, 5.74) is 1.92. The van der Waals surface area contributed by atoms with E-state index in [-0.39, 0.29) is 0 Å². The standard InChI is InChI=1S/C12H12BrNO2S/c1-15-8-3-4-9(11(5-8)16-2)10-7-17-12(6-13)14-10/h3-5,7H,6H2,1-2H3. The van der Waals surface area contributed by atoms with Crippen LogP contribution >= 0.6 is 27.3 Å². The fraction of sp³-hybridized carbons (Fsp3) is 0.250. The highest BCUT2D eigenvalue weighted by atomic mass is 79.9. The first-order valence-corrected chi connectivity index (χ1v) is 7.01. The maximum Gasteiger partial charge on any atom is 0.131 e. The lowest BCUT2D eigenvalue weighted by atomic mass is 10.1. The third-order valence-electron chi connectivity index (χ3n) is 2.35. The molecule has 0 atom stereocenters. The van der Waals surface area contributed by atoms with Crippen LogP contribution in [-0.2, 0) is 5.33 Å². The molecule has 0 saturated carbocycles. The summed E-state index contributed by atoms with van der Waals surface area (Å²) >= 11 is 5.03.